The number of phenolic OH excluding ortho intramolecular Hbond substituents is 1. The molecule has 19 heavy (non-hydrogen) atoms. The number of aryl methyl sites for hydroxylation is 1. The smallest absolute Gasteiger partial charge is 0.335 e. The minimum atomic E-state index is -0.986. The summed E-state index contributed by atoms with van der Waals surface area (Å²) in [7, 11) is 0. The molecule has 0 spiro atoms. The number of aromatic hydroxyl groups is 1. The zero-order chi connectivity index (χ0) is 13.8. The summed E-state index contributed by atoms with van der Waals surface area (Å²) >= 11 is 0. The van der Waals surface area contributed by atoms with Crippen LogP contribution < -0.4 is 0 Å². The third-order valence-corrected chi connectivity index (χ3v) is 2.52. The Bertz CT molecular complexity index is 634. The highest BCUT2D eigenvalue weighted by molar-refractivity contribution is 5.87. The number of hydrogen-bond donors (Lipinski definition) is 2. The van der Waals surface area contributed by atoms with Gasteiger partial charge in [0.2, 0.25) is 0 Å². The number of hydrogen-bond acceptors (Lipinski definition) is 4. The molecule has 2 N–H and O–H groups in total. The highest BCUT2D eigenvalue weighted by Crippen LogP contribution is 2.28. The Morgan fingerprint density at radius 1 is 1.05 bits per heavy atom. The van der Waals surface area contributed by atoms with Crippen molar-refractivity contribution in [2.75, 3.05) is 0 Å². The van der Waals surface area contributed by atoms with E-state index >= 15 is 0 Å². The predicted molar refractivity (Wildman–Crippen MR) is 70.4 cm³/mol. The Kier molecular flexibility index (Phi) is 3.56. The zero-order valence-electron chi connectivity index (χ0n) is 10.2. The molecule has 0 saturated carbocycles. The Balaban J connectivity index is 2.22. The molecule has 5 nitrogen and oxygen atoms in total. The second-order valence-corrected chi connectivity index (χ2v) is 4.04. The van der Waals surface area contributed by atoms with Gasteiger partial charge in [-0.15, -0.1) is 5.11 Å². The van der Waals surface area contributed by atoms with Crippen LogP contribution in [0.5, 0.6) is 5.75 Å². The molecule has 0 aliphatic carbocycles. The molecule has 0 bridgehead atoms. The molecule has 2 aromatic carbocycles. The van der Waals surface area contributed by atoms with Crippen LogP contribution in [0.3, 0.4) is 0 Å². The normalized spacial score (nSPS) is 10.8. The van der Waals surface area contributed by atoms with Gasteiger partial charge in [-0.25, -0.2) is 4.79 Å². The highest BCUT2D eigenvalue weighted by Gasteiger charge is 2.02. The van der Waals surface area contributed by atoms with E-state index in [1.54, 1.807) is 30.3 Å². The molecule has 2 rings (SSSR count). The number of carbonyl (C=O) groups is 1. The average Bonchev–Trinajstić information content (AvgIpc) is 2.40. The first kappa shape index (κ1) is 12.8. The van der Waals surface area contributed by atoms with Gasteiger partial charge in [0.25, 0.3) is 0 Å². The maximum absolute atomic E-state index is 10.7. The van der Waals surface area contributed by atoms with Crippen LogP contribution in [0.25, 0.3) is 0 Å². The molecule has 0 radical (unpaired) electrons. The number of carboxylic acids is 1. The van der Waals surface area contributed by atoms with Gasteiger partial charge in [-0.05, 0) is 48.9 Å². The van der Waals surface area contributed by atoms with Gasteiger partial charge in [0.15, 0.2) is 0 Å². The lowest BCUT2D eigenvalue weighted by atomic mass is 10.2. The lowest BCUT2D eigenvalue weighted by Crippen LogP contribution is -1.93. The van der Waals surface area contributed by atoms with Crippen molar-refractivity contribution in [2.24, 2.45) is 10.2 Å². The number of aromatic carboxylic acids is 1. The van der Waals surface area contributed by atoms with Crippen LogP contribution in [-0.4, -0.2) is 16.2 Å². The summed E-state index contributed by atoms with van der Waals surface area (Å²) in [5, 5.41) is 26.3. The van der Waals surface area contributed by atoms with E-state index in [4.69, 9.17) is 5.11 Å². The number of azo groups is 1. The number of phenols is 1. The van der Waals surface area contributed by atoms with Crippen molar-refractivity contribution in [1.29, 1.82) is 0 Å². The fraction of sp³-hybridized carbons (Fsp3) is 0.0714. The van der Waals surface area contributed by atoms with Crippen molar-refractivity contribution in [3.05, 3.63) is 53.6 Å². The van der Waals surface area contributed by atoms with Crippen molar-refractivity contribution in [3.8, 4) is 5.75 Å². The third kappa shape index (κ3) is 3.16. The van der Waals surface area contributed by atoms with Crippen molar-refractivity contribution in [1.82, 2.24) is 0 Å². The Hall–Kier alpha value is -2.69. The van der Waals surface area contributed by atoms with Gasteiger partial charge in [-0.2, -0.15) is 5.11 Å². The van der Waals surface area contributed by atoms with E-state index in [1.165, 1.54) is 12.1 Å². The van der Waals surface area contributed by atoms with E-state index in [9.17, 15) is 9.90 Å². The maximum atomic E-state index is 10.7. The summed E-state index contributed by atoms with van der Waals surface area (Å²) in [5.41, 5.74) is 2.05. The number of nitrogens with zero attached hydrogens (tertiary/aromatic N) is 2. The number of carboxylic acid groups (broad SMARTS) is 1. The lowest BCUT2D eigenvalue weighted by Gasteiger charge is -1.99. The summed E-state index contributed by atoms with van der Waals surface area (Å²) in [6.45, 7) is 1.89. The molecule has 0 saturated heterocycles. The monoisotopic (exact) mass is 256 g/mol. The standard InChI is InChI=1S/C14H12N2O3/c1-9-2-7-13(17)12(8-9)16-15-11-5-3-10(4-6-11)14(18)19/h2-8,17H,1H3,(H,18,19). The molecule has 0 aromatic heterocycles. The van der Waals surface area contributed by atoms with Crippen LogP contribution in [0.15, 0.2) is 52.7 Å². The molecule has 5 heteroatoms. The molecular formula is C14H12N2O3. The molecule has 0 unspecified atom stereocenters. The molecule has 0 heterocycles. The Labute approximate surface area is 109 Å². The molecular weight excluding hydrogens is 244 g/mol. The van der Waals surface area contributed by atoms with Gasteiger partial charge in [0.1, 0.15) is 11.4 Å². The van der Waals surface area contributed by atoms with Crippen molar-refractivity contribution in [2.45, 2.75) is 6.92 Å². The molecule has 0 fully saturated rings. The van der Waals surface area contributed by atoms with Crippen LogP contribution in [0.4, 0.5) is 11.4 Å². The van der Waals surface area contributed by atoms with E-state index in [-0.39, 0.29) is 11.3 Å². The van der Waals surface area contributed by atoms with E-state index in [0.29, 0.717) is 11.4 Å². The minimum Gasteiger partial charge on any atom is -0.506 e. The Morgan fingerprint density at radius 2 is 1.74 bits per heavy atom. The zero-order valence-corrected chi connectivity index (χ0v) is 10.2. The Morgan fingerprint density at radius 3 is 2.37 bits per heavy atom. The first-order valence-corrected chi connectivity index (χ1v) is 5.61. The first-order valence-electron chi connectivity index (χ1n) is 5.61. The molecule has 96 valence electrons. The molecule has 0 aliphatic rings. The lowest BCUT2D eigenvalue weighted by molar-refractivity contribution is 0.0697. The summed E-state index contributed by atoms with van der Waals surface area (Å²) < 4.78 is 0. The maximum Gasteiger partial charge on any atom is 0.335 e. The van der Waals surface area contributed by atoms with E-state index < -0.39 is 5.97 Å². The summed E-state index contributed by atoms with van der Waals surface area (Å²) in [6.07, 6.45) is 0. The van der Waals surface area contributed by atoms with Gasteiger partial charge in [0, 0.05) is 0 Å². The van der Waals surface area contributed by atoms with Crippen molar-refractivity contribution < 1.29 is 15.0 Å². The number of benzene rings is 2. The first-order chi connectivity index (χ1) is 9.06. The van der Waals surface area contributed by atoms with Crippen molar-refractivity contribution in [3.63, 3.8) is 0 Å². The van der Waals surface area contributed by atoms with Crippen LogP contribution in [0.2, 0.25) is 0 Å². The van der Waals surface area contributed by atoms with Crippen LogP contribution in [0, 0.1) is 6.92 Å². The van der Waals surface area contributed by atoms with E-state index in [2.05, 4.69) is 10.2 Å². The molecule has 0 amide bonds. The van der Waals surface area contributed by atoms with Gasteiger partial charge >= 0.3 is 5.97 Å². The third-order valence-electron chi connectivity index (χ3n) is 2.52. The fourth-order valence-electron chi connectivity index (χ4n) is 1.50. The van der Waals surface area contributed by atoms with Gasteiger partial charge in [-0.3, -0.25) is 0 Å². The summed E-state index contributed by atoms with van der Waals surface area (Å²) in [5.74, 6) is -0.934. The van der Waals surface area contributed by atoms with Crippen LogP contribution in [0.1, 0.15) is 15.9 Å². The van der Waals surface area contributed by atoms with Gasteiger partial charge in [-0.1, -0.05) is 6.07 Å². The van der Waals surface area contributed by atoms with Gasteiger partial charge < -0.3 is 10.2 Å². The van der Waals surface area contributed by atoms with Crippen molar-refractivity contribution >= 4 is 17.3 Å². The summed E-state index contributed by atoms with van der Waals surface area (Å²) in [6, 6.07) is 11.1. The fourth-order valence-corrected chi connectivity index (χ4v) is 1.50. The SMILES string of the molecule is Cc1ccc(O)c(N=Nc2ccc(C(=O)O)cc2)c1. The number of rotatable bonds is 3. The quantitative estimate of drug-likeness (QED) is 0.819. The van der Waals surface area contributed by atoms with Crippen LogP contribution in [-0.2, 0) is 0 Å². The highest BCUT2D eigenvalue weighted by atomic mass is 16.4. The average molecular weight is 256 g/mol. The molecule has 2 aromatic rings. The largest absolute Gasteiger partial charge is 0.506 e. The molecule has 0 aliphatic heterocycles. The minimum absolute atomic E-state index is 0.0523. The van der Waals surface area contributed by atoms with Gasteiger partial charge in [0.05, 0.1) is 11.3 Å². The van der Waals surface area contributed by atoms with Crippen LogP contribution >= 0.6 is 0 Å². The predicted octanol–water partition coefficient (Wildman–Crippen LogP) is 3.81. The second-order valence-electron chi connectivity index (χ2n) is 4.04. The summed E-state index contributed by atoms with van der Waals surface area (Å²) in [4.78, 5) is 10.7. The van der Waals surface area contributed by atoms with E-state index in [0.717, 1.165) is 5.56 Å². The molecule has 0 atom stereocenters. The van der Waals surface area contributed by atoms with E-state index in [1.807, 2.05) is 6.92 Å². The second kappa shape index (κ2) is 5.30. The topological polar surface area (TPSA) is 82.2 Å².